The van der Waals surface area contributed by atoms with E-state index in [-0.39, 0.29) is 6.42 Å². The van der Waals surface area contributed by atoms with Crippen LogP contribution in [0.15, 0.2) is 42.5 Å². The monoisotopic (exact) mass is 306 g/mol. The summed E-state index contributed by atoms with van der Waals surface area (Å²) < 4.78 is 38.8. The van der Waals surface area contributed by atoms with E-state index in [1.165, 1.54) is 25.0 Å². The van der Waals surface area contributed by atoms with Crippen LogP contribution in [0, 0.1) is 19.3 Å². The van der Waals surface area contributed by atoms with Crippen molar-refractivity contribution in [3.05, 3.63) is 59.2 Å². The molecule has 0 aliphatic heterocycles. The molecule has 118 valence electrons. The third kappa shape index (κ3) is 3.52. The van der Waals surface area contributed by atoms with Crippen molar-refractivity contribution in [3.8, 4) is 11.1 Å². The first-order chi connectivity index (χ1) is 10.1. The minimum absolute atomic E-state index is 0.0102. The van der Waals surface area contributed by atoms with Gasteiger partial charge in [-0.05, 0) is 48.1 Å². The number of alkyl halides is 3. The molecule has 2 aromatic carbocycles. The molecule has 0 unspecified atom stereocenters. The van der Waals surface area contributed by atoms with E-state index in [1.54, 1.807) is 12.1 Å². The summed E-state index contributed by atoms with van der Waals surface area (Å²) in [5.41, 5.74) is 3.54. The predicted molar refractivity (Wildman–Crippen MR) is 84.9 cm³/mol. The van der Waals surface area contributed by atoms with Crippen LogP contribution in [-0.4, -0.2) is 6.18 Å². The van der Waals surface area contributed by atoms with Crippen LogP contribution in [0.2, 0.25) is 0 Å². The van der Waals surface area contributed by atoms with E-state index in [9.17, 15) is 13.2 Å². The Morgan fingerprint density at radius 3 is 1.82 bits per heavy atom. The quantitative estimate of drug-likeness (QED) is 0.642. The van der Waals surface area contributed by atoms with Gasteiger partial charge in [-0.2, -0.15) is 13.2 Å². The zero-order chi connectivity index (χ0) is 16.5. The van der Waals surface area contributed by atoms with Crippen molar-refractivity contribution < 1.29 is 13.2 Å². The number of hydrogen-bond acceptors (Lipinski definition) is 0. The van der Waals surface area contributed by atoms with E-state index >= 15 is 0 Å². The van der Waals surface area contributed by atoms with Gasteiger partial charge in [0.25, 0.3) is 0 Å². The van der Waals surface area contributed by atoms with Crippen LogP contribution in [-0.2, 0) is 6.42 Å². The number of halogens is 3. The molecule has 0 fully saturated rings. The third-order valence-electron chi connectivity index (χ3n) is 4.21. The summed E-state index contributed by atoms with van der Waals surface area (Å²) in [4.78, 5) is 0. The molecule has 0 aromatic heterocycles. The lowest BCUT2D eigenvalue weighted by Crippen LogP contribution is -2.34. The molecule has 0 amide bonds. The first-order valence-electron chi connectivity index (χ1n) is 7.33. The van der Waals surface area contributed by atoms with E-state index in [0.29, 0.717) is 5.56 Å². The Morgan fingerprint density at radius 1 is 0.773 bits per heavy atom. The van der Waals surface area contributed by atoms with Gasteiger partial charge in [0, 0.05) is 0 Å². The molecule has 0 aliphatic carbocycles. The molecule has 2 rings (SSSR count). The Balaban J connectivity index is 2.22. The molecule has 0 nitrogen and oxygen atoms in total. The number of benzene rings is 2. The summed E-state index contributed by atoms with van der Waals surface area (Å²) >= 11 is 0. The van der Waals surface area contributed by atoms with E-state index in [0.717, 1.165) is 11.1 Å². The van der Waals surface area contributed by atoms with Crippen molar-refractivity contribution in [2.45, 2.75) is 40.3 Å². The van der Waals surface area contributed by atoms with Crippen LogP contribution in [0.25, 0.3) is 11.1 Å². The molecule has 0 N–H and O–H groups in total. The van der Waals surface area contributed by atoms with Crippen LogP contribution in [0.4, 0.5) is 13.2 Å². The van der Waals surface area contributed by atoms with E-state index in [1.807, 2.05) is 18.2 Å². The molecule has 0 radical (unpaired) electrons. The van der Waals surface area contributed by atoms with Crippen LogP contribution < -0.4 is 0 Å². The summed E-state index contributed by atoms with van der Waals surface area (Å²) in [5, 5.41) is 0. The van der Waals surface area contributed by atoms with E-state index in [4.69, 9.17) is 0 Å². The average Bonchev–Trinajstić information content (AvgIpc) is 2.41. The highest BCUT2D eigenvalue weighted by Crippen LogP contribution is 2.40. The standard InChI is InChI=1S/C19H21F3/c1-13-5-8-17(11-14(13)2)16-9-6-15(7-10-16)12-18(3,4)19(20,21)22/h5-11H,12H2,1-4H3. The van der Waals surface area contributed by atoms with Gasteiger partial charge in [0.1, 0.15) is 0 Å². The van der Waals surface area contributed by atoms with Gasteiger partial charge >= 0.3 is 6.18 Å². The molecule has 22 heavy (non-hydrogen) atoms. The first kappa shape index (κ1) is 16.6. The summed E-state index contributed by atoms with van der Waals surface area (Å²) in [7, 11) is 0. The zero-order valence-electron chi connectivity index (χ0n) is 13.4. The normalized spacial score (nSPS) is 12.5. The summed E-state index contributed by atoms with van der Waals surface area (Å²) in [5.74, 6) is 0. The van der Waals surface area contributed by atoms with Crippen LogP contribution in [0.5, 0.6) is 0 Å². The molecular formula is C19H21F3. The van der Waals surface area contributed by atoms with Crippen LogP contribution in [0.3, 0.4) is 0 Å². The van der Waals surface area contributed by atoms with Gasteiger partial charge in [-0.15, -0.1) is 0 Å². The van der Waals surface area contributed by atoms with Crippen molar-refractivity contribution in [2.24, 2.45) is 5.41 Å². The second-order valence-corrected chi connectivity index (χ2v) is 6.55. The van der Waals surface area contributed by atoms with Gasteiger partial charge in [0.2, 0.25) is 0 Å². The van der Waals surface area contributed by atoms with E-state index in [2.05, 4.69) is 26.0 Å². The summed E-state index contributed by atoms with van der Waals surface area (Å²) in [6.07, 6.45) is -4.20. The second-order valence-electron chi connectivity index (χ2n) is 6.55. The topological polar surface area (TPSA) is 0 Å². The highest BCUT2D eigenvalue weighted by atomic mass is 19.4. The maximum absolute atomic E-state index is 12.9. The highest BCUT2D eigenvalue weighted by Gasteiger charge is 2.46. The first-order valence-corrected chi connectivity index (χ1v) is 7.33. The van der Waals surface area contributed by atoms with Crippen molar-refractivity contribution >= 4 is 0 Å². The predicted octanol–water partition coefficient (Wildman–Crippen LogP) is 6.10. The third-order valence-corrected chi connectivity index (χ3v) is 4.21. The van der Waals surface area contributed by atoms with E-state index < -0.39 is 11.6 Å². The minimum atomic E-state index is -4.19. The smallest absolute Gasteiger partial charge is 0.171 e. The van der Waals surface area contributed by atoms with Gasteiger partial charge in [-0.25, -0.2) is 0 Å². The van der Waals surface area contributed by atoms with Gasteiger partial charge in [-0.1, -0.05) is 56.3 Å². The van der Waals surface area contributed by atoms with Crippen molar-refractivity contribution in [1.82, 2.24) is 0 Å². The fourth-order valence-electron chi connectivity index (χ4n) is 2.35. The molecule has 0 spiro atoms. The van der Waals surface area contributed by atoms with Gasteiger partial charge < -0.3 is 0 Å². The number of aryl methyl sites for hydroxylation is 2. The lowest BCUT2D eigenvalue weighted by atomic mass is 9.84. The highest BCUT2D eigenvalue weighted by molar-refractivity contribution is 5.65. The SMILES string of the molecule is Cc1ccc(-c2ccc(CC(C)(C)C(F)(F)F)cc2)cc1C. The maximum atomic E-state index is 12.9. The number of hydrogen-bond donors (Lipinski definition) is 0. The van der Waals surface area contributed by atoms with Gasteiger partial charge in [0.05, 0.1) is 5.41 Å². The summed E-state index contributed by atoms with van der Waals surface area (Å²) in [6, 6.07) is 13.6. The molecule has 2 aromatic rings. The maximum Gasteiger partial charge on any atom is 0.394 e. The lowest BCUT2D eigenvalue weighted by molar-refractivity contribution is -0.211. The molecule has 0 saturated heterocycles. The number of rotatable bonds is 3. The molecule has 0 heterocycles. The Labute approximate surface area is 130 Å². The molecular weight excluding hydrogens is 285 g/mol. The fraction of sp³-hybridized carbons (Fsp3) is 0.368. The van der Waals surface area contributed by atoms with Crippen molar-refractivity contribution in [2.75, 3.05) is 0 Å². The molecule has 3 heteroatoms. The van der Waals surface area contributed by atoms with Crippen molar-refractivity contribution in [1.29, 1.82) is 0 Å². The average molecular weight is 306 g/mol. The Kier molecular flexibility index (Phi) is 4.37. The second kappa shape index (κ2) is 5.79. The molecule has 0 bridgehead atoms. The summed E-state index contributed by atoms with van der Waals surface area (Å²) in [6.45, 7) is 6.59. The Bertz CT molecular complexity index is 649. The van der Waals surface area contributed by atoms with Crippen LogP contribution in [0.1, 0.15) is 30.5 Å². The van der Waals surface area contributed by atoms with Gasteiger partial charge in [-0.3, -0.25) is 0 Å². The lowest BCUT2D eigenvalue weighted by Gasteiger charge is -2.27. The zero-order valence-corrected chi connectivity index (χ0v) is 13.4. The fourth-order valence-corrected chi connectivity index (χ4v) is 2.35. The molecule has 0 atom stereocenters. The van der Waals surface area contributed by atoms with Gasteiger partial charge in [0.15, 0.2) is 0 Å². The van der Waals surface area contributed by atoms with Crippen molar-refractivity contribution in [3.63, 3.8) is 0 Å². The Morgan fingerprint density at radius 2 is 1.32 bits per heavy atom. The molecule has 0 saturated carbocycles. The minimum Gasteiger partial charge on any atom is -0.171 e. The molecule has 0 aliphatic rings. The largest absolute Gasteiger partial charge is 0.394 e. The van der Waals surface area contributed by atoms with Crippen LogP contribution >= 0.6 is 0 Å². The Hall–Kier alpha value is -1.77.